The second-order valence-corrected chi connectivity index (χ2v) is 8.23. The van der Waals surface area contributed by atoms with Crippen LogP contribution < -0.4 is 9.47 Å². The first-order valence-corrected chi connectivity index (χ1v) is 10.7. The van der Waals surface area contributed by atoms with Crippen molar-refractivity contribution >= 4 is 17.4 Å². The van der Waals surface area contributed by atoms with Gasteiger partial charge < -0.3 is 23.9 Å². The number of rotatable bonds is 5. The molecule has 0 unspecified atom stereocenters. The number of aliphatic hydroxyl groups excluding tert-OH is 1. The van der Waals surface area contributed by atoms with Crippen LogP contribution in [0.15, 0.2) is 70.9 Å². The minimum atomic E-state index is -0.774. The zero-order valence-electron chi connectivity index (χ0n) is 18.3. The number of furan rings is 1. The van der Waals surface area contributed by atoms with Crippen LogP contribution in [0.1, 0.15) is 35.4 Å². The standard InChI is InChI=1S/C26H23NO6/c1-15-12-18-13-17(7-10-21(18)33-15)24(28)22-23(16-5-8-19(31-2)9-6-16)27(26(30)25(22)29)14-20-4-3-11-32-20/h3-11,13,15,23,28H,12,14H2,1-2H3/b24-22+/t15-,23+/m0/s1. The summed E-state index contributed by atoms with van der Waals surface area (Å²) in [6.07, 6.45) is 2.28. The molecule has 0 saturated carbocycles. The van der Waals surface area contributed by atoms with Gasteiger partial charge >= 0.3 is 0 Å². The molecule has 2 atom stereocenters. The van der Waals surface area contributed by atoms with E-state index in [0.717, 1.165) is 11.3 Å². The fourth-order valence-corrected chi connectivity index (χ4v) is 4.47. The molecule has 3 heterocycles. The van der Waals surface area contributed by atoms with Crippen LogP contribution in [0.25, 0.3) is 5.76 Å². The molecule has 2 aromatic carbocycles. The van der Waals surface area contributed by atoms with Crippen LogP contribution >= 0.6 is 0 Å². The highest BCUT2D eigenvalue weighted by molar-refractivity contribution is 6.46. The fourth-order valence-electron chi connectivity index (χ4n) is 4.47. The molecule has 0 radical (unpaired) electrons. The van der Waals surface area contributed by atoms with Gasteiger partial charge in [0.1, 0.15) is 29.1 Å². The number of likely N-dealkylation sites (tertiary alicyclic amines) is 1. The van der Waals surface area contributed by atoms with E-state index in [1.807, 2.05) is 13.0 Å². The summed E-state index contributed by atoms with van der Waals surface area (Å²) >= 11 is 0. The number of nitrogens with zero attached hydrogens (tertiary/aromatic N) is 1. The molecule has 168 valence electrons. The molecule has 0 aliphatic carbocycles. The number of carbonyl (C=O) groups is 2. The summed E-state index contributed by atoms with van der Waals surface area (Å²) in [5.41, 5.74) is 2.16. The van der Waals surface area contributed by atoms with Crippen LogP contribution in [-0.4, -0.2) is 34.9 Å². The zero-order valence-corrected chi connectivity index (χ0v) is 18.3. The van der Waals surface area contributed by atoms with Crippen molar-refractivity contribution in [3.05, 3.63) is 88.9 Å². The Labute approximate surface area is 190 Å². The second-order valence-electron chi connectivity index (χ2n) is 8.23. The number of Topliss-reactive ketones (excluding diaryl/α,β-unsaturated/α-hetero) is 1. The molecule has 1 saturated heterocycles. The summed E-state index contributed by atoms with van der Waals surface area (Å²) in [5.74, 6) is 0.327. The van der Waals surface area contributed by atoms with Crippen LogP contribution in [0.2, 0.25) is 0 Å². The van der Waals surface area contributed by atoms with Crippen molar-refractivity contribution in [2.45, 2.75) is 32.0 Å². The van der Waals surface area contributed by atoms with Crippen LogP contribution in [0, 0.1) is 0 Å². The molecule has 2 aliphatic rings. The Morgan fingerprint density at radius 3 is 2.64 bits per heavy atom. The average molecular weight is 445 g/mol. The average Bonchev–Trinajstić information content (AvgIpc) is 3.53. The number of ether oxygens (including phenoxy) is 2. The van der Waals surface area contributed by atoms with Crippen molar-refractivity contribution in [1.82, 2.24) is 4.90 Å². The molecular weight excluding hydrogens is 422 g/mol. The number of ketones is 1. The molecule has 7 heteroatoms. The van der Waals surface area contributed by atoms with E-state index < -0.39 is 17.7 Å². The Hall–Kier alpha value is -4.00. The van der Waals surface area contributed by atoms with Gasteiger partial charge in [-0.1, -0.05) is 12.1 Å². The minimum absolute atomic E-state index is 0.0450. The highest BCUT2D eigenvalue weighted by atomic mass is 16.5. The summed E-state index contributed by atoms with van der Waals surface area (Å²) in [6.45, 7) is 2.07. The van der Waals surface area contributed by atoms with E-state index in [1.165, 1.54) is 11.2 Å². The van der Waals surface area contributed by atoms with Crippen LogP contribution in [-0.2, 0) is 22.6 Å². The lowest BCUT2D eigenvalue weighted by molar-refractivity contribution is -0.140. The van der Waals surface area contributed by atoms with Gasteiger partial charge in [0, 0.05) is 12.0 Å². The van der Waals surface area contributed by atoms with Gasteiger partial charge in [0.05, 0.1) is 31.5 Å². The molecule has 1 amide bonds. The van der Waals surface area contributed by atoms with Crippen molar-refractivity contribution in [1.29, 1.82) is 0 Å². The fraction of sp³-hybridized carbons (Fsp3) is 0.231. The number of benzene rings is 2. The molecule has 1 aromatic heterocycles. The van der Waals surface area contributed by atoms with Gasteiger partial charge in [-0.3, -0.25) is 9.59 Å². The normalized spacial score (nSPS) is 21.2. The number of carbonyl (C=O) groups excluding carboxylic acids is 2. The Kier molecular flexibility index (Phi) is 5.17. The predicted octanol–water partition coefficient (Wildman–Crippen LogP) is 4.23. The maximum Gasteiger partial charge on any atom is 0.296 e. The lowest BCUT2D eigenvalue weighted by atomic mass is 9.94. The van der Waals surface area contributed by atoms with E-state index in [0.29, 0.717) is 29.1 Å². The molecule has 0 bridgehead atoms. The first-order chi connectivity index (χ1) is 16.0. The van der Waals surface area contributed by atoms with E-state index in [9.17, 15) is 14.7 Å². The molecule has 33 heavy (non-hydrogen) atoms. The predicted molar refractivity (Wildman–Crippen MR) is 120 cm³/mol. The highest BCUT2D eigenvalue weighted by Crippen LogP contribution is 2.41. The van der Waals surface area contributed by atoms with E-state index in [4.69, 9.17) is 13.9 Å². The van der Waals surface area contributed by atoms with Gasteiger partial charge in [0.25, 0.3) is 11.7 Å². The van der Waals surface area contributed by atoms with Gasteiger partial charge in [-0.2, -0.15) is 0 Å². The minimum Gasteiger partial charge on any atom is -0.507 e. The van der Waals surface area contributed by atoms with Crippen molar-refractivity contribution in [3.63, 3.8) is 0 Å². The summed E-state index contributed by atoms with van der Waals surface area (Å²) in [6, 6.07) is 15.1. The molecule has 1 N–H and O–H groups in total. The highest BCUT2D eigenvalue weighted by Gasteiger charge is 2.46. The molecule has 3 aromatic rings. The monoisotopic (exact) mass is 445 g/mol. The molecule has 1 fully saturated rings. The summed E-state index contributed by atoms with van der Waals surface area (Å²) in [4.78, 5) is 27.6. The van der Waals surface area contributed by atoms with Gasteiger partial charge in [-0.05, 0) is 60.5 Å². The molecule has 7 nitrogen and oxygen atoms in total. The van der Waals surface area contributed by atoms with E-state index in [2.05, 4.69) is 0 Å². The number of methoxy groups -OCH3 is 1. The topological polar surface area (TPSA) is 89.2 Å². The van der Waals surface area contributed by atoms with Crippen LogP contribution in [0.5, 0.6) is 11.5 Å². The summed E-state index contributed by atoms with van der Waals surface area (Å²) < 4.78 is 16.4. The van der Waals surface area contributed by atoms with Gasteiger partial charge in [0.15, 0.2) is 0 Å². The smallest absolute Gasteiger partial charge is 0.296 e. The molecular formula is C26H23NO6. The molecule has 5 rings (SSSR count). The Morgan fingerprint density at radius 2 is 1.94 bits per heavy atom. The first-order valence-electron chi connectivity index (χ1n) is 10.7. The third kappa shape index (κ3) is 3.65. The molecule has 0 spiro atoms. The van der Waals surface area contributed by atoms with Gasteiger partial charge in [0.2, 0.25) is 0 Å². The Bertz CT molecular complexity index is 1240. The second kappa shape index (κ2) is 8.16. The summed E-state index contributed by atoms with van der Waals surface area (Å²) in [5, 5.41) is 11.3. The lowest BCUT2D eigenvalue weighted by Gasteiger charge is -2.24. The van der Waals surface area contributed by atoms with E-state index >= 15 is 0 Å². The largest absolute Gasteiger partial charge is 0.507 e. The number of fused-ring (bicyclic) bond motifs is 1. The third-order valence-corrected chi connectivity index (χ3v) is 6.05. The Balaban J connectivity index is 1.62. The number of amides is 1. The maximum atomic E-state index is 13.2. The SMILES string of the molecule is COc1ccc([C@@H]2/C(=C(\O)c3ccc4c(c3)C[C@H](C)O4)C(=O)C(=O)N2Cc2ccco2)cc1. The zero-order chi connectivity index (χ0) is 23.1. The van der Waals surface area contributed by atoms with Gasteiger partial charge in [-0.25, -0.2) is 0 Å². The molecule has 2 aliphatic heterocycles. The van der Waals surface area contributed by atoms with E-state index in [-0.39, 0.29) is 24.0 Å². The van der Waals surface area contributed by atoms with E-state index in [1.54, 1.807) is 55.6 Å². The first kappa shape index (κ1) is 20.9. The number of hydrogen-bond donors (Lipinski definition) is 1. The van der Waals surface area contributed by atoms with Crippen molar-refractivity contribution in [2.24, 2.45) is 0 Å². The van der Waals surface area contributed by atoms with Gasteiger partial charge in [-0.15, -0.1) is 0 Å². The maximum absolute atomic E-state index is 13.2. The lowest BCUT2D eigenvalue weighted by Crippen LogP contribution is -2.29. The van der Waals surface area contributed by atoms with Crippen molar-refractivity contribution in [3.8, 4) is 11.5 Å². The van der Waals surface area contributed by atoms with Crippen LogP contribution in [0.4, 0.5) is 0 Å². The quantitative estimate of drug-likeness (QED) is 0.359. The third-order valence-electron chi connectivity index (χ3n) is 6.05. The van der Waals surface area contributed by atoms with Crippen molar-refractivity contribution < 1.29 is 28.6 Å². The Morgan fingerprint density at radius 1 is 1.15 bits per heavy atom. The summed E-state index contributed by atoms with van der Waals surface area (Å²) in [7, 11) is 1.57. The number of hydrogen-bond acceptors (Lipinski definition) is 6. The number of aliphatic hydroxyl groups is 1. The van der Waals surface area contributed by atoms with Crippen LogP contribution in [0.3, 0.4) is 0 Å². The van der Waals surface area contributed by atoms with Crippen molar-refractivity contribution in [2.75, 3.05) is 7.11 Å².